The first-order valence-corrected chi connectivity index (χ1v) is 6.31. The molecule has 0 saturated carbocycles. The summed E-state index contributed by atoms with van der Waals surface area (Å²) < 4.78 is 5.50. The molecule has 0 aromatic carbocycles. The van der Waals surface area contributed by atoms with E-state index in [1.807, 2.05) is 18.2 Å². The van der Waals surface area contributed by atoms with Gasteiger partial charge in [-0.05, 0) is 18.2 Å². The molecular weight excluding hydrogens is 287 g/mol. The van der Waals surface area contributed by atoms with Gasteiger partial charge in [0.15, 0.2) is 5.82 Å². The number of hydrazine groups is 1. The molecule has 0 aliphatic rings. The average molecular weight is 299 g/mol. The van der Waals surface area contributed by atoms with E-state index in [0.717, 1.165) is 5.69 Å². The Morgan fingerprint density at radius 2 is 2.11 bits per heavy atom. The summed E-state index contributed by atoms with van der Waals surface area (Å²) in [4.78, 5) is 8.27. The molecule has 0 radical (unpaired) electrons. The summed E-state index contributed by atoms with van der Waals surface area (Å²) >= 11 is 11.9. The number of aromatic nitrogens is 2. The van der Waals surface area contributed by atoms with Crippen LogP contribution in [0.2, 0.25) is 10.0 Å². The normalized spacial score (nSPS) is 10.3. The van der Waals surface area contributed by atoms with Crippen LogP contribution in [0.1, 0.15) is 5.69 Å². The minimum Gasteiger partial charge on any atom is -0.476 e. The summed E-state index contributed by atoms with van der Waals surface area (Å²) in [7, 11) is 0. The monoisotopic (exact) mass is 298 g/mol. The summed E-state index contributed by atoms with van der Waals surface area (Å²) in [5.74, 6) is 5.89. The van der Waals surface area contributed by atoms with E-state index in [4.69, 9.17) is 33.8 Å². The number of anilines is 1. The maximum Gasteiger partial charge on any atom is 0.234 e. The van der Waals surface area contributed by atoms with Crippen LogP contribution >= 0.6 is 23.2 Å². The number of halogens is 2. The van der Waals surface area contributed by atoms with E-state index in [2.05, 4.69) is 15.4 Å². The summed E-state index contributed by atoms with van der Waals surface area (Å²) in [6.45, 7) is 0.412. The lowest BCUT2D eigenvalue weighted by molar-refractivity contribution is 0.309. The van der Waals surface area contributed by atoms with Crippen molar-refractivity contribution >= 4 is 29.0 Å². The molecule has 19 heavy (non-hydrogen) atoms. The molecule has 0 saturated heterocycles. The van der Waals surface area contributed by atoms with Gasteiger partial charge in [-0.1, -0.05) is 29.3 Å². The van der Waals surface area contributed by atoms with Crippen LogP contribution in [0.25, 0.3) is 0 Å². The molecule has 2 aromatic rings. The summed E-state index contributed by atoms with van der Waals surface area (Å²) in [5, 5.41) is 0.676. The number of rotatable bonds is 5. The van der Waals surface area contributed by atoms with E-state index in [9.17, 15) is 0 Å². The highest BCUT2D eigenvalue weighted by molar-refractivity contribution is 6.36. The van der Waals surface area contributed by atoms with Gasteiger partial charge in [0.1, 0.15) is 5.02 Å². The molecule has 3 N–H and O–H groups in total. The molecule has 7 heteroatoms. The van der Waals surface area contributed by atoms with Crippen LogP contribution in [0.5, 0.6) is 5.88 Å². The molecule has 2 heterocycles. The number of hydrogen-bond acceptors (Lipinski definition) is 5. The van der Waals surface area contributed by atoms with Crippen LogP contribution in [-0.2, 0) is 6.42 Å². The Hall–Kier alpha value is -1.56. The maximum atomic E-state index is 5.98. The van der Waals surface area contributed by atoms with Crippen LogP contribution in [-0.4, -0.2) is 16.6 Å². The second-order valence-corrected chi connectivity index (χ2v) is 4.48. The molecule has 0 aliphatic carbocycles. The van der Waals surface area contributed by atoms with E-state index in [1.54, 1.807) is 6.20 Å². The Kier molecular flexibility index (Phi) is 4.79. The molecule has 0 aliphatic heterocycles. The zero-order valence-electron chi connectivity index (χ0n) is 9.94. The Bertz CT molecular complexity index is 551. The molecular formula is C12H12Cl2N4O. The number of nitrogens with one attached hydrogen (secondary N) is 1. The van der Waals surface area contributed by atoms with Gasteiger partial charge in [-0.2, -0.15) is 4.98 Å². The minimum absolute atomic E-state index is 0.287. The summed E-state index contributed by atoms with van der Waals surface area (Å²) in [5.41, 5.74) is 3.31. The standard InChI is InChI=1S/C12H12Cl2N4O/c13-9-7-10(14)12(17-11(9)18-15)19-6-4-8-3-1-2-5-16-8/h1-3,5,7H,4,6,15H2,(H,17,18). The van der Waals surface area contributed by atoms with Crippen molar-refractivity contribution in [3.05, 3.63) is 46.2 Å². The molecule has 2 aromatic heterocycles. The highest BCUT2D eigenvalue weighted by atomic mass is 35.5. The molecule has 0 bridgehead atoms. The van der Waals surface area contributed by atoms with Gasteiger partial charge in [0.25, 0.3) is 0 Å². The molecule has 0 fully saturated rings. The molecule has 2 rings (SSSR count). The van der Waals surface area contributed by atoms with Crippen molar-refractivity contribution in [2.75, 3.05) is 12.0 Å². The van der Waals surface area contributed by atoms with Crippen molar-refractivity contribution in [1.29, 1.82) is 0 Å². The Balaban J connectivity index is 2.00. The quantitative estimate of drug-likeness (QED) is 0.656. The van der Waals surface area contributed by atoms with Gasteiger partial charge in [0, 0.05) is 18.3 Å². The first-order valence-electron chi connectivity index (χ1n) is 5.56. The van der Waals surface area contributed by atoms with Gasteiger partial charge in [-0.15, -0.1) is 0 Å². The lowest BCUT2D eigenvalue weighted by atomic mass is 10.3. The van der Waals surface area contributed by atoms with Crippen LogP contribution < -0.4 is 16.0 Å². The Labute approximate surface area is 120 Å². The number of nitrogen functional groups attached to an aromatic ring is 1. The number of nitrogens with zero attached hydrogens (tertiary/aromatic N) is 2. The largest absolute Gasteiger partial charge is 0.476 e. The fourth-order valence-electron chi connectivity index (χ4n) is 1.45. The highest BCUT2D eigenvalue weighted by Gasteiger charge is 2.09. The van der Waals surface area contributed by atoms with Crippen LogP contribution in [0, 0.1) is 0 Å². The van der Waals surface area contributed by atoms with Gasteiger partial charge in [0.2, 0.25) is 5.88 Å². The van der Waals surface area contributed by atoms with Gasteiger partial charge >= 0.3 is 0 Å². The predicted octanol–water partition coefficient (Wildman–Crippen LogP) is 2.69. The van der Waals surface area contributed by atoms with Crippen LogP contribution in [0.4, 0.5) is 5.82 Å². The van der Waals surface area contributed by atoms with Crippen molar-refractivity contribution < 1.29 is 4.74 Å². The third-order valence-corrected chi connectivity index (χ3v) is 2.92. The fraction of sp³-hybridized carbons (Fsp3) is 0.167. The second kappa shape index (κ2) is 6.56. The van der Waals surface area contributed by atoms with Crippen molar-refractivity contribution in [3.63, 3.8) is 0 Å². The third-order valence-electron chi connectivity index (χ3n) is 2.36. The van der Waals surface area contributed by atoms with E-state index in [0.29, 0.717) is 28.9 Å². The summed E-state index contributed by atoms with van der Waals surface area (Å²) in [6.07, 6.45) is 2.40. The number of pyridine rings is 2. The molecule has 0 unspecified atom stereocenters. The average Bonchev–Trinajstić information content (AvgIpc) is 2.42. The zero-order chi connectivity index (χ0) is 13.7. The van der Waals surface area contributed by atoms with Crippen molar-refractivity contribution in [2.45, 2.75) is 6.42 Å². The van der Waals surface area contributed by atoms with E-state index in [1.165, 1.54) is 6.07 Å². The number of nitrogens with two attached hydrogens (primary N) is 1. The highest BCUT2D eigenvalue weighted by Crippen LogP contribution is 2.30. The number of hydrogen-bond donors (Lipinski definition) is 2. The third kappa shape index (κ3) is 3.70. The SMILES string of the molecule is NNc1nc(OCCc2ccccn2)c(Cl)cc1Cl. The van der Waals surface area contributed by atoms with Crippen molar-refractivity contribution in [3.8, 4) is 5.88 Å². The Morgan fingerprint density at radius 1 is 1.26 bits per heavy atom. The molecule has 0 spiro atoms. The maximum absolute atomic E-state index is 5.98. The van der Waals surface area contributed by atoms with Crippen molar-refractivity contribution in [2.24, 2.45) is 5.84 Å². The Morgan fingerprint density at radius 3 is 2.79 bits per heavy atom. The molecule has 100 valence electrons. The summed E-state index contributed by atoms with van der Waals surface area (Å²) in [6, 6.07) is 7.24. The van der Waals surface area contributed by atoms with Gasteiger partial charge < -0.3 is 10.2 Å². The predicted molar refractivity (Wildman–Crippen MR) is 75.5 cm³/mol. The molecule has 0 amide bonds. The first kappa shape index (κ1) is 13.9. The minimum atomic E-state index is 0.287. The lowest BCUT2D eigenvalue weighted by Gasteiger charge is -2.09. The first-order chi connectivity index (χ1) is 9.20. The topological polar surface area (TPSA) is 73.1 Å². The van der Waals surface area contributed by atoms with Gasteiger partial charge in [-0.3, -0.25) is 4.98 Å². The smallest absolute Gasteiger partial charge is 0.234 e. The zero-order valence-corrected chi connectivity index (χ0v) is 11.4. The fourth-order valence-corrected chi connectivity index (χ4v) is 1.92. The molecule has 0 atom stereocenters. The second-order valence-electron chi connectivity index (χ2n) is 3.67. The van der Waals surface area contributed by atoms with E-state index in [-0.39, 0.29) is 5.88 Å². The van der Waals surface area contributed by atoms with Crippen molar-refractivity contribution in [1.82, 2.24) is 9.97 Å². The lowest BCUT2D eigenvalue weighted by Crippen LogP contribution is -2.11. The van der Waals surface area contributed by atoms with Gasteiger partial charge in [0.05, 0.1) is 11.6 Å². The van der Waals surface area contributed by atoms with E-state index >= 15 is 0 Å². The molecule has 5 nitrogen and oxygen atoms in total. The van der Waals surface area contributed by atoms with E-state index < -0.39 is 0 Å². The van der Waals surface area contributed by atoms with Gasteiger partial charge in [-0.25, -0.2) is 5.84 Å². The number of ether oxygens (including phenoxy) is 1. The van der Waals surface area contributed by atoms with Crippen LogP contribution in [0.15, 0.2) is 30.5 Å². The van der Waals surface area contributed by atoms with Crippen LogP contribution in [0.3, 0.4) is 0 Å².